The van der Waals surface area contributed by atoms with Gasteiger partial charge in [-0.3, -0.25) is 4.68 Å². The van der Waals surface area contributed by atoms with Crippen LogP contribution in [0.1, 0.15) is 27.8 Å². The third-order valence-corrected chi connectivity index (χ3v) is 4.96. The molecule has 138 valence electrons. The van der Waals surface area contributed by atoms with Crippen LogP contribution in [0.3, 0.4) is 0 Å². The Morgan fingerprint density at radius 3 is 2.50 bits per heavy atom. The number of aromatic nitrogens is 3. The van der Waals surface area contributed by atoms with E-state index in [1.165, 1.54) is 11.1 Å². The fraction of sp³-hybridized carbons (Fsp3) is 0.167. The van der Waals surface area contributed by atoms with Crippen molar-refractivity contribution in [2.75, 3.05) is 0 Å². The molecule has 0 N–H and O–H groups in total. The second-order valence-electron chi connectivity index (χ2n) is 7.29. The molecule has 0 radical (unpaired) electrons. The molecule has 28 heavy (non-hydrogen) atoms. The van der Waals surface area contributed by atoms with Gasteiger partial charge in [-0.15, -0.1) is 0 Å². The molecule has 0 bridgehead atoms. The smallest absolute Gasteiger partial charge is 0.0998 e. The number of allylic oxidation sites excluding steroid dienone is 1. The van der Waals surface area contributed by atoms with Gasteiger partial charge in [-0.05, 0) is 37.1 Å². The van der Waals surface area contributed by atoms with E-state index in [1.54, 1.807) is 0 Å². The second-order valence-corrected chi connectivity index (χ2v) is 7.29. The van der Waals surface area contributed by atoms with Crippen LogP contribution in [0.2, 0.25) is 0 Å². The van der Waals surface area contributed by atoms with Crippen molar-refractivity contribution in [3.63, 3.8) is 0 Å². The number of fused-ring (bicyclic) bond motifs is 1. The first kappa shape index (κ1) is 17.8. The maximum absolute atomic E-state index is 9.73. The van der Waals surface area contributed by atoms with E-state index in [0.717, 1.165) is 34.1 Å². The number of hydrogen-bond acceptors (Lipinski definition) is 2. The van der Waals surface area contributed by atoms with Gasteiger partial charge in [0.1, 0.15) is 0 Å². The Labute approximate surface area is 165 Å². The molecule has 0 aliphatic rings. The van der Waals surface area contributed by atoms with E-state index >= 15 is 0 Å². The summed E-state index contributed by atoms with van der Waals surface area (Å²) < 4.78 is 4.05. The second kappa shape index (κ2) is 7.21. The molecule has 0 aliphatic carbocycles. The van der Waals surface area contributed by atoms with E-state index in [0.29, 0.717) is 5.57 Å². The summed E-state index contributed by atoms with van der Waals surface area (Å²) in [4.78, 5) is 0. The Morgan fingerprint density at radius 1 is 1.07 bits per heavy atom. The average Bonchev–Trinajstić information content (AvgIpc) is 3.24. The van der Waals surface area contributed by atoms with Crippen LogP contribution < -0.4 is 0 Å². The van der Waals surface area contributed by atoms with E-state index < -0.39 is 0 Å². The highest BCUT2D eigenvalue weighted by Gasteiger charge is 2.10. The quantitative estimate of drug-likeness (QED) is 0.472. The molecule has 4 aromatic rings. The fourth-order valence-electron chi connectivity index (χ4n) is 3.50. The van der Waals surface area contributed by atoms with Crippen LogP contribution in [-0.2, 0) is 13.6 Å². The van der Waals surface area contributed by atoms with Crippen molar-refractivity contribution < 1.29 is 0 Å². The van der Waals surface area contributed by atoms with Crippen molar-refractivity contribution in [3.8, 4) is 6.07 Å². The molecule has 2 aromatic heterocycles. The van der Waals surface area contributed by atoms with Crippen molar-refractivity contribution in [3.05, 3.63) is 88.9 Å². The predicted molar refractivity (Wildman–Crippen MR) is 114 cm³/mol. The van der Waals surface area contributed by atoms with Gasteiger partial charge >= 0.3 is 0 Å². The molecule has 0 fully saturated rings. The number of nitriles is 1. The summed E-state index contributed by atoms with van der Waals surface area (Å²) in [7, 11) is 1.93. The molecule has 4 nitrogen and oxygen atoms in total. The lowest BCUT2D eigenvalue weighted by atomic mass is 10.0. The first-order valence-electron chi connectivity index (χ1n) is 9.29. The van der Waals surface area contributed by atoms with E-state index in [9.17, 15) is 5.26 Å². The summed E-state index contributed by atoms with van der Waals surface area (Å²) in [5.41, 5.74) is 7.37. The zero-order chi connectivity index (χ0) is 19.7. The number of benzene rings is 2. The molecule has 0 saturated carbocycles. The normalized spacial score (nSPS) is 11.7. The van der Waals surface area contributed by atoms with E-state index in [4.69, 9.17) is 0 Å². The lowest BCUT2D eigenvalue weighted by Crippen LogP contribution is -1.97. The summed E-state index contributed by atoms with van der Waals surface area (Å²) >= 11 is 0. The van der Waals surface area contributed by atoms with Gasteiger partial charge in [0.2, 0.25) is 0 Å². The molecule has 4 heteroatoms. The number of hydrogen-bond donors (Lipinski definition) is 0. The van der Waals surface area contributed by atoms with Gasteiger partial charge in [0, 0.05) is 41.5 Å². The molecule has 4 rings (SSSR count). The highest BCUT2D eigenvalue weighted by molar-refractivity contribution is 5.98. The Balaban J connectivity index is 1.82. The predicted octanol–water partition coefficient (Wildman–Crippen LogP) is 5.10. The first-order valence-corrected chi connectivity index (χ1v) is 9.29. The Bertz CT molecular complexity index is 1210. The number of rotatable bonds is 4. The molecule has 0 saturated heterocycles. The van der Waals surface area contributed by atoms with Crippen LogP contribution in [0.5, 0.6) is 0 Å². The van der Waals surface area contributed by atoms with Crippen molar-refractivity contribution in [2.45, 2.75) is 20.4 Å². The van der Waals surface area contributed by atoms with Crippen molar-refractivity contribution >= 4 is 22.6 Å². The zero-order valence-corrected chi connectivity index (χ0v) is 16.3. The lowest BCUT2D eigenvalue weighted by Gasteiger charge is -2.03. The average molecular weight is 366 g/mol. The summed E-state index contributed by atoms with van der Waals surface area (Å²) in [6.45, 7) is 4.89. The molecule has 0 amide bonds. The highest BCUT2D eigenvalue weighted by Crippen LogP contribution is 2.28. The van der Waals surface area contributed by atoms with E-state index in [2.05, 4.69) is 47.1 Å². The van der Waals surface area contributed by atoms with Crippen molar-refractivity contribution in [2.24, 2.45) is 7.05 Å². The monoisotopic (exact) mass is 366 g/mol. The SMILES string of the molecule is Cc1ccc(/C(C#N)=C/c2cn(Cc3cnn(C)c3)c3cc(C)ccc23)cc1. The van der Waals surface area contributed by atoms with Gasteiger partial charge in [-0.2, -0.15) is 10.4 Å². The molecular formula is C24H22N4. The van der Waals surface area contributed by atoms with Gasteiger partial charge in [0.15, 0.2) is 0 Å². The van der Waals surface area contributed by atoms with Crippen LogP contribution >= 0.6 is 0 Å². The lowest BCUT2D eigenvalue weighted by molar-refractivity contribution is 0.764. The van der Waals surface area contributed by atoms with Gasteiger partial charge in [0.25, 0.3) is 0 Å². The topological polar surface area (TPSA) is 46.5 Å². The highest BCUT2D eigenvalue weighted by atomic mass is 15.2. The zero-order valence-electron chi connectivity index (χ0n) is 16.3. The van der Waals surface area contributed by atoms with Crippen LogP contribution in [0, 0.1) is 25.2 Å². The van der Waals surface area contributed by atoms with Crippen LogP contribution in [0.15, 0.2) is 61.1 Å². The summed E-state index contributed by atoms with van der Waals surface area (Å²) in [5, 5.41) is 15.2. The van der Waals surface area contributed by atoms with Crippen LogP contribution in [0.4, 0.5) is 0 Å². The third-order valence-electron chi connectivity index (χ3n) is 4.96. The molecule has 0 unspecified atom stereocenters. The Hall–Kier alpha value is -3.58. The van der Waals surface area contributed by atoms with Crippen LogP contribution in [0.25, 0.3) is 22.6 Å². The van der Waals surface area contributed by atoms with E-state index in [1.807, 2.05) is 61.4 Å². The van der Waals surface area contributed by atoms with Gasteiger partial charge < -0.3 is 4.57 Å². The molecule has 2 heterocycles. The minimum absolute atomic E-state index is 0.668. The largest absolute Gasteiger partial charge is 0.342 e. The molecular weight excluding hydrogens is 344 g/mol. The van der Waals surface area contributed by atoms with Crippen LogP contribution in [-0.4, -0.2) is 14.3 Å². The Morgan fingerprint density at radius 2 is 1.82 bits per heavy atom. The summed E-state index contributed by atoms with van der Waals surface area (Å²) in [5.74, 6) is 0. The summed E-state index contributed by atoms with van der Waals surface area (Å²) in [6.07, 6.45) is 8.04. The van der Waals surface area contributed by atoms with Gasteiger partial charge in [0.05, 0.1) is 24.4 Å². The van der Waals surface area contributed by atoms with Gasteiger partial charge in [-0.25, -0.2) is 0 Å². The Kier molecular flexibility index (Phi) is 4.58. The van der Waals surface area contributed by atoms with Crippen molar-refractivity contribution in [1.82, 2.24) is 14.3 Å². The maximum Gasteiger partial charge on any atom is 0.0998 e. The first-order chi connectivity index (χ1) is 13.5. The maximum atomic E-state index is 9.73. The molecule has 2 aromatic carbocycles. The molecule has 0 aliphatic heterocycles. The van der Waals surface area contributed by atoms with Gasteiger partial charge in [-0.1, -0.05) is 42.0 Å². The number of nitrogens with zero attached hydrogens (tertiary/aromatic N) is 4. The summed E-state index contributed by atoms with van der Waals surface area (Å²) in [6, 6.07) is 16.9. The number of aryl methyl sites for hydroxylation is 3. The molecule has 0 atom stereocenters. The van der Waals surface area contributed by atoms with E-state index in [-0.39, 0.29) is 0 Å². The molecule has 0 spiro atoms. The minimum Gasteiger partial charge on any atom is -0.342 e. The fourth-order valence-corrected chi connectivity index (χ4v) is 3.50. The standard InChI is InChI=1S/C24H22N4/c1-17-4-7-20(8-5-17)21(12-25)11-22-16-28(15-19-13-26-27(3)14-19)24-10-18(2)6-9-23(22)24/h4-11,13-14,16H,15H2,1-3H3/b21-11+. The van der Waals surface area contributed by atoms with Crippen molar-refractivity contribution in [1.29, 1.82) is 5.26 Å². The third kappa shape index (κ3) is 3.47. The minimum atomic E-state index is 0.668.